The van der Waals surface area contributed by atoms with Gasteiger partial charge in [-0.05, 0) is 31.0 Å². The van der Waals surface area contributed by atoms with Gasteiger partial charge in [-0.2, -0.15) is 5.10 Å². The molecule has 2 aromatic heterocycles. The second kappa shape index (κ2) is 5.99. The third-order valence-corrected chi connectivity index (χ3v) is 4.52. The molecule has 3 heterocycles. The van der Waals surface area contributed by atoms with Gasteiger partial charge in [0.05, 0.1) is 18.1 Å². The molecule has 0 spiro atoms. The van der Waals surface area contributed by atoms with Crippen molar-refractivity contribution in [2.45, 2.75) is 32.0 Å². The maximum Gasteiger partial charge on any atom is 0.420 e. The first-order chi connectivity index (χ1) is 11.7. The van der Waals surface area contributed by atoms with E-state index in [1.165, 1.54) is 4.57 Å². The van der Waals surface area contributed by atoms with Gasteiger partial charge in [0.1, 0.15) is 6.54 Å². The number of rotatable bonds is 4. The molecular weight excluding hydrogens is 308 g/mol. The van der Waals surface area contributed by atoms with Gasteiger partial charge in [-0.25, -0.2) is 4.79 Å². The molecule has 7 heteroatoms. The average molecular weight is 326 g/mol. The van der Waals surface area contributed by atoms with Gasteiger partial charge in [-0.3, -0.25) is 14.0 Å². The smallest absolute Gasteiger partial charge is 0.408 e. The Morgan fingerprint density at radius 3 is 3.00 bits per heavy atom. The molecule has 1 amide bonds. The molecule has 124 valence electrons. The van der Waals surface area contributed by atoms with E-state index in [1.807, 2.05) is 27.9 Å². The van der Waals surface area contributed by atoms with Crippen molar-refractivity contribution >= 4 is 17.0 Å². The van der Waals surface area contributed by atoms with Crippen LogP contribution in [-0.4, -0.2) is 37.7 Å². The van der Waals surface area contributed by atoms with Crippen LogP contribution in [-0.2, 0) is 17.9 Å². The Hall–Kier alpha value is -2.83. The second-order valence-corrected chi connectivity index (χ2v) is 6.03. The highest BCUT2D eigenvalue weighted by Crippen LogP contribution is 2.20. The molecule has 3 aromatic rings. The lowest BCUT2D eigenvalue weighted by atomic mass is 10.2. The molecule has 0 saturated carbocycles. The summed E-state index contributed by atoms with van der Waals surface area (Å²) in [6.07, 6.45) is 5.55. The van der Waals surface area contributed by atoms with Gasteiger partial charge in [-0.15, -0.1) is 0 Å². The summed E-state index contributed by atoms with van der Waals surface area (Å²) in [6, 6.07) is 9.14. The first-order valence-corrected chi connectivity index (χ1v) is 8.07. The SMILES string of the molecule is O=C(Cn1c(=O)oc2ccccc21)N1CCC[C@@H]1Cn1cccn1. The first-order valence-electron chi connectivity index (χ1n) is 8.07. The Labute approximate surface area is 138 Å². The lowest BCUT2D eigenvalue weighted by Crippen LogP contribution is -2.41. The summed E-state index contributed by atoms with van der Waals surface area (Å²) in [7, 11) is 0. The van der Waals surface area contributed by atoms with Gasteiger partial charge in [0.25, 0.3) is 0 Å². The van der Waals surface area contributed by atoms with Crippen LogP contribution in [0.1, 0.15) is 12.8 Å². The Morgan fingerprint density at radius 2 is 2.17 bits per heavy atom. The van der Waals surface area contributed by atoms with Crippen molar-refractivity contribution in [2.24, 2.45) is 0 Å². The zero-order valence-electron chi connectivity index (χ0n) is 13.2. The van der Waals surface area contributed by atoms with Crippen molar-refractivity contribution < 1.29 is 9.21 Å². The molecule has 0 radical (unpaired) electrons. The summed E-state index contributed by atoms with van der Waals surface area (Å²) in [5.41, 5.74) is 1.16. The van der Waals surface area contributed by atoms with Crippen LogP contribution in [0, 0.1) is 0 Å². The van der Waals surface area contributed by atoms with Gasteiger partial charge < -0.3 is 9.32 Å². The molecule has 0 aliphatic carbocycles. The van der Waals surface area contributed by atoms with Crippen molar-refractivity contribution in [3.63, 3.8) is 0 Å². The number of likely N-dealkylation sites (tertiary alicyclic amines) is 1. The number of oxazole rings is 1. The average Bonchev–Trinajstić information content (AvgIpc) is 3.30. The highest BCUT2D eigenvalue weighted by Gasteiger charge is 2.29. The molecular formula is C17H18N4O3. The fraction of sp³-hybridized carbons (Fsp3) is 0.353. The summed E-state index contributed by atoms with van der Waals surface area (Å²) in [4.78, 5) is 26.6. The summed E-state index contributed by atoms with van der Waals surface area (Å²) in [6.45, 7) is 1.40. The van der Waals surface area contributed by atoms with E-state index in [2.05, 4.69) is 5.10 Å². The Kier molecular flexibility index (Phi) is 3.68. The Morgan fingerprint density at radius 1 is 1.29 bits per heavy atom. The summed E-state index contributed by atoms with van der Waals surface area (Å²) in [5.74, 6) is -0.550. The van der Waals surface area contributed by atoms with Crippen molar-refractivity contribution in [3.05, 3.63) is 53.3 Å². The van der Waals surface area contributed by atoms with Crippen LogP contribution in [0.15, 0.2) is 51.9 Å². The van der Waals surface area contributed by atoms with E-state index in [0.717, 1.165) is 19.4 Å². The summed E-state index contributed by atoms with van der Waals surface area (Å²) in [5, 5.41) is 4.21. The van der Waals surface area contributed by atoms with E-state index >= 15 is 0 Å². The number of hydrogen-bond donors (Lipinski definition) is 0. The largest absolute Gasteiger partial charge is 0.420 e. The molecule has 1 aromatic carbocycles. The maximum absolute atomic E-state index is 12.7. The lowest BCUT2D eigenvalue weighted by molar-refractivity contribution is -0.132. The molecule has 1 atom stereocenters. The van der Waals surface area contributed by atoms with Crippen LogP contribution in [0.5, 0.6) is 0 Å². The number of aromatic nitrogens is 3. The van der Waals surface area contributed by atoms with Crippen LogP contribution in [0.3, 0.4) is 0 Å². The highest BCUT2D eigenvalue weighted by molar-refractivity contribution is 5.80. The third kappa shape index (κ3) is 2.62. The van der Waals surface area contributed by atoms with Crippen LogP contribution in [0.2, 0.25) is 0 Å². The Bertz CT molecular complexity index is 909. The first kappa shape index (κ1) is 14.7. The number of benzene rings is 1. The van der Waals surface area contributed by atoms with Crippen molar-refractivity contribution in [3.8, 4) is 0 Å². The quantitative estimate of drug-likeness (QED) is 0.728. The predicted molar refractivity (Wildman–Crippen MR) is 87.4 cm³/mol. The summed E-state index contributed by atoms with van der Waals surface area (Å²) >= 11 is 0. The minimum atomic E-state index is -0.493. The minimum absolute atomic E-state index is 0.00541. The lowest BCUT2D eigenvalue weighted by Gasteiger charge is -2.24. The van der Waals surface area contributed by atoms with Crippen molar-refractivity contribution in [2.75, 3.05) is 6.54 Å². The molecule has 1 saturated heterocycles. The second-order valence-electron chi connectivity index (χ2n) is 6.03. The summed E-state index contributed by atoms with van der Waals surface area (Å²) < 4.78 is 8.44. The fourth-order valence-electron chi connectivity index (χ4n) is 3.37. The number of nitrogens with zero attached hydrogens (tertiary/aromatic N) is 4. The van der Waals surface area contributed by atoms with Crippen LogP contribution in [0.25, 0.3) is 11.1 Å². The van der Waals surface area contributed by atoms with E-state index in [9.17, 15) is 9.59 Å². The topological polar surface area (TPSA) is 73.3 Å². The molecule has 0 N–H and O–H groups in total. The molecule has 4 rings (SSSR count). The normalized spacial score (nSPS) is 17.7. The van der Waals surface area contributed by atoms with Gasteiger partial charge in [-0.1, -0.05) is 12.1 Å². The molecule has 7 nitrogen and oxygen atoms in total. The maximum atomic E-state index is 12.7. The molecule has 1 aliphatic rings. The third-order valence-electron chi connectivity index (χ3n) is 4.52. The van der Waals surface area contributed by atoms with Crippen molar-refractivity contribution in [1.29, 1.82) is 0 Å². The van der Waals surface area contributed by atoms with E-state index in [4.69, 9.17) is 4.42 Å². The van der Waals surface area contributed by atoms with E-state index in [1.54, 1.807) is 24.4 Å². The molecule has 1 fully saturated rings. The Balaban J connectivity index is 1.54. The van der Waals surface area contributed by atoms with Gasteiger partial charge >= 0.3 is 5.76 Å². The number of amides is 1. The molecule has 0 bridgehead atoms. The van der Waals surface area contributed by atoms with E-state index < -0.39 is 5.76 Å². The van der Waals surface area contributed by atoms with Gasteiger partial charge in [0.15, 0.2) is 5.58 Å². The van der Waals surface area contributed by atoms with Crippen molar-refractivity contribution in [1.82, 2.24) is 19.2 Å². The van der Waals surface area contributed by atoms with Gasteiger partial charge in [0, 0.05) is 18.9 Å². The number of carbonyl (C=O) groups excluding carboxylic acids is 1. The molecule has 0 unspecified atom stereocenters. The zero-order valence-corrected chi connectivity index (χ0v) is 13.2. The van der Waals surface area contributed by atoms with E-state index in [0.29, 0.717) is 17.6 Å². The number of hydrogen-bond acceptors (Lipinski definition) is 4. The number of carbonyl (C=O) groups is 1. The van der Waals surface area contributed by atoms with Crippen LogP contribution >= 0.6 is 0 Å². The molecule has 24 heavy (non-hydrogen) atoms. The fourth-order valence-corrected chi connectivity index (χ4v) is 3.37. The molecule has 1 aliphatic heterocycles. The highest BCUT2D eigenvalue weighted by atomic mass is 16.4. The van der Waals surface area contributed by atoms with Crippen LogP contribution < -0.4 is 5.76 Å². The number of fused-ring (bicyclic) bond motifs is 1. The standard InChI is InChI=1S/C17H18N4O3/c22-16(12-21-14-6-1-2-7-15(14)24-17(21)23)20-10-3-5-13(20)11-19-9-4-8-18-19/h1-2,4,6-9,13H,3,5,10-12H2/t13-/m1/s1. The monoisotopic (exact) mass is 326 g/mol. The van der Waals surface area contributed by atoms with Crippen LogP contribution in [0.4, 0.5) is 0 Å². The number of para-hydroxylation sites is 2. The zero-order chi connectivity index (χ0) is 16.5. The van der Waals surface area contributed by atoms with Gasteiger partial charge in [0.2, 0.25) is 5.91 Å². The predicted octanol–water partition coefficient (Wildman–Crippen LogP) is 1.48. The van der Waals surface area contributed by atoms with E-state index in [-0.39, 0.29) is 18.5 Å². The minimum Gasteiger partial charge on any atom is -0.408 e.